The van der Waals surface area contributed by atoms with Crippen molar-refractivity contribution in [3.63, 3.8) is 0 Å². The molecule has 20 heavy (non-hydrogen) atoms. The maximum Gasteiger partial charge on any atom is 0.251 e. The van der Waals surface area contributed by atoms with Crippen LogP contribution in [0.3, 0.4) is 0 Å². The molecule has 1 aromatic carbocycles. The molecular weight excluding hydrogens is 250 g/mol. The largest absolute Gasteiger partial charge is 0.324 e. The van der Waals surface area contributed by atoms with Crippen molar-refractivity contribution in [1.29, 1.82) is 0 Å². The van der Waals surface area contributed by atoms with Crippen LogP contribution in [0.2, 0.25) is 0 Å². The molecule has 1 atom stereocenters. The number of hydrogen-bond donors (Lipinski definition) is 2. The van der Waals surface area contributed by atoms with Crippen LogP contribution in [0.5, 0.6) is 0 Å². The highest BCUT2D eigenvalue weighted by atomic mass is 16.1. The molecular formula is C16H19N3O. The highest BCUT2D eigenvalue weighted by molar-refractivity contribution is 5.20. The first-order valence-electron chi connectivity index (χ1n) is 7.13. The first-order valence-corrected chi connectivity index (χ1v) is 7.13. The van der Waals surface area contributed by atoms with E-state index in [2.05, 4.69) is 9.97 Å². The van der Waals surface area contributed by atoms with Crippen LogP contribution in [0, 0.1) is 0 Å². The fourth-order valence-electron chi connectivity index (χ4n) is 2.55. The number of benzene rings is 1. The molecule has 1 saturated carbocycles. The molecule has 3 N–H and O–H groups in total. The van der Waals surface area contributed by atoms with Crippen LogP contribution in [0.1, 0.15) is 48.3 Å². The predicted molar refractivity (Wildman–Crippen MR) is 78.5 cm³/mol. The summed E-state index contributed by atoms with van der Waals surface area (Å²) in [6.07, 6.45) is 4.06. The van der Waals surface area contributed by atoms with Crippen molar-refractivity contribution in [2.24, 2.45) is 5.73 Å². The molecule has 0 spiro atoms. The fraction of sp³-hybridized carbons (Fsp3) is 0.375. The average molecular weight is 269 g/mol. The summed E-state index contributed by atoms with van der Waals surface area (Å²) >= 11 is 0. The van der Waals surface area contributed by atoms with E-state index >= 15 is 0 Å². The lowest BCUT2D eigenvalue weighted by Crippen LogP contribution is -2.22. The van der Waals surface area contributed by atoms with Gasteiger partial charge in [0.1, 0.15) is 5.82 Å². The quantitative estimate of drug-likeness (QED) is 0.894. The molecule has 0 unspecified atom stereocenters. The van der Waals surface area contributed by atoms with E-state index in [0.29, 0.717) is 12.3 Å². The summed E-state index contributed by atoms with van der Waals surface area (Å²) < 4.78 is 0. The minimum Gasteiger partial charge on any atom is -0.324 e. The summed E-state index contributed by atoms with van der Waals surface area (Å²) in [6.45, 7) is 0. The van der Waals surface area contributed by atoms with Gasteiger partial charge in [0.15, 0.2) is 0 Å². The van der Waals surface area contributed by atoms with E-state index in [-0.39, 0.29) is 11.6 Å². The van der Waals surface area contributed by atoms with Gasteiger partial charge in [-0.3, -0.25) is 4.79 Å². The van der Waals surface area contributed by atoms with Gasteiger partial charge in [-0.2, -0.15) is 0 Å². The molecule has 4 nitrogen and oxygen atoms in total. The second kappa shape index (κ2) is 5.59. The summed E-state index contributed by atoms with van der Waals surface area (Å²) in [4.78, 5) is 19.2. The number of nitrogens with two attached hydrogens (primary N) is 1. The normalized spacial score (nSPS) is 16.6. The molecule has 0 saturated heterocycles. The predicted octanol–water partition coefficient (Wildman–Crippen LogP) is 2.28. The Hall–Kier alpha value is -1.94. The molecule has 1 aliphatic rings. The topological polar surface area (TPSA) is 71.8 Å². The molecule has 0 aliphatic heterocycles. The van der Waals surface area contributed by atoms with Crippen molar-refractivity contribution in [3.05, 3.63) is 63.8 Å². The van der Waals surface area contributed by atoms with Gasteiger partial charge < -0.3 is 10.7 Å². The standard InChI is InChI=1S/C16H19N3O/c17-14(11-5-2-1-3-6-11)9-13-10-15(20)19-16(18-13)12-7-4-8-12/h1-3,5-6,10,12,14H,4,7-9,17H2,(H,18,19,20)/t14-/m0/s1. The van der Waals surface area contributed by atoms with Crippen LogP contribution in [0.15, 0.2) is 41.2 Å². The van der Waals surface area contributed by atoms with Gasteiger partial charge in [-0.05, 0) is 18.4 Å². The van der Waals surface area contributed by atoms with Crippen molar-refractivity contribution in [2.75, 3.05) is 0 Å². The molecule has 1 aliphatic carbocycles. The second-order valence-electron chi connectivity index (χ2n) is 5.47. The van der Waals surface area contributed by atoms with E-state index in [1.54, 1.807) is 6.07 Å². The van der Waals surface area contributed by atoms with E-state index in [1.807, 2.05) is 30.3 Å². The molecule has 4 heteroatoms. The van der Waals surface area contributed by atoms with Crippen LogP contribution >= 0.6 is 0 Å². The Morgan fingerprint density at radius 3 is 2.70 bits per heavy atom. The van der Waals surface area contributed by atoms with Crippen molar-refractivity contribution >= 4 is 0 Å². The number of H-pyrrole nitrogens is 1. The zero-order valence-corrected chi connectivity index (χ0v) is 11.4. The average Bonchev–Trinajstić information content (AvgIpc) is 2.37. The maximum atomic E-state index is 11.7. The first kappa shape index (κ1) is 13.1. The van der Waals surface area contributed by atoms with Crippen molar-refractivity contribution in [2.45, 2.75) is 37.6 Å². The minimum absolute atomic E-state index is 0.0721. The van der Waals surface area contributed by atoms with Crippen LogP contribution in [0.4, 0.5) is 0 Å². The Morgan fingerprint density at radius 1 is 1.30 bits per heavy atom. The molecule has 0 bridgehead atoms. The third-order valence-electron chi connectivity index (χ3n) is 3.96. The van der Waals surface area contributed by atoms with Gasteiger partial charge in [-0.25, -0.2) is 4.98 Å². The number of nitrogens with one attached hydrogen (secondary N) is 1. The lowest BCUT2D eigenvalue weighted by Gasteiger charge is -2.24. The summed E-state index contributed by atoms with van der Waals surface area (Å²) in [5, 5.41) is 0. The SMILES string of the molecule is N[C@@H](Cc1cc(=O)[nH]c(C2CCC2)n1)c1ccccc1. The Labute approximate surface area is 118 Å². The van der Waals surface area contributed by atoms with Crippen LogP contribution in [0.25, 0.3) is 0 Å². The molecule has 2 aromatic rings. The molecule has 1 heterocycles. The Bertz CT molecular complexity index is 632. The van der Waals surface area contributed by atoms with Gasteiger partial charge in [-0.15, -0.1) is 0 Å². The van der Waals surface area contributed by atoms with Gasteiger partial charge in [0.2, 0.25) is 0 Å². The summed E-state index contributed by atoms with van der Waals surface area (Å²) in [5.74, 6) is 1.26. The van der Waals surface area contributed by atoms with Gasteiger partial charge in [-0.1, -0.05) is 36.8 Å². The van der Waals surface area contributed by atoms with E-state index in [1.165, 1.54) is 6.42 Å². The van der Waals surface area contributed by atoms with Crippen molar-refractivity contribution < 1.29 is 0 Å². The lowest BCUT2D eigenvalue weighted by atomic mass is 9.85. The lowest BCUT2D eigenvalue weighted by molar-refractivity contribution is 0.399. The van der Waals surface area contributed by atoms with Crippen LogP contribution in [-0.2, 0) is 6.42 Å². The van der Waals surface area contributed by atoms with Crippen LogP contribution in [-0.4, -0.2) is 9.97 Å². The maximum absolute atomic E-state index is 11.7. The fourth-order valence-corrected chi connectivity index (χ4v) is 2.55. The number of nitrogens with zero attached hydrogens (tertiary/aromatic N) is 1. The third-order valence-corrected chi connectivity index (χ3v) is 3.96. The zero-order chi connectivity index (χ0) is 13.9. The summed E-state index contributed by atoms with van der Waals surface area (Å²) in [7, 11) is 0. The van der Waals surface area contributed by atoms with Crippen molar-refractivity contribution in [1.82, 2.24) is 9.97 Å². The monoisotopic (exact) mass is 269 g/mol. The van der Waals surface area contributed by atoms with Crippen LogP contribution < -0.4 is 11.3 Å². The first-order chi connectivity index (χ1) is 9.72. The molecule has 0 radical (unpaired) electrons. The zero-order valence-electron chi connectivity index (χ0n) is 11.4. The third kappa shape index (κ3) is 2.80. The number of rotatable bonds is 4. The Morgan fingerprint density at radius 2 is 2.05 bits per heavy atom. The molecule has 3 rings (SSSR count). The van der Waals surface area contributed by atoms with Crippen molar-refractivity contribution in [3.8, 4) is 0 Å². The molecule has 0 amide bonds. The molecule has 1 fully saturated rings. The molecule has 104 valence electrons. The van der Waals surface area contributed by atoms with Gasteiger partial charge in [0.05, 0.1) is 0 Å². The molecule has 1 aromatic heterocycles. The van der Waals surface area contributed by atoms with Gasteiger partial charge in [0, 0.05) is 30.1 Å². The van der Waals surface area contributed by atoms with E-state index < -0.39 is 0 Å². The van der Waals surface area contributed by atoms with E-state index in [9.17, 15) is 4.79 Å². The minimum atomic E-state index is -0.125. The Balaban J connectivity index is 1.80. The van der Waals surface area contributed by atoms with E-state index in [0.717, 1.165) is 29.9 Å². The van der Waals surface area contributed by atoms with Gasteiger partial charge >= 0.3 is 0 Å². The van der Waals surface area contributed by atoms with E-state index in [4.69, 9.17) is 5.73 Å². The van der Waals surface area contributed by atoms with Gasteiger partial charge in [0.25, 0.3) is 5.56 Å². The Kier molecular flexibility index (Phi) is 3.65. The summed E-state index contributed by atoms with van der Waals surface area (Å²) in [6, 6.07) is 11.4. The number of aromatic amines is 1. The number of aromatic nitrogens is 2. The smallest absolute Gasteiger partial charge is 0.251 e. The summed E-state index contributed by atoms with van der Waals surface area (Å²) in [5.41, 5.74) is 7.98. The number of hydrogen-bond acceptors (Lipinski definition) is 3. The second-order valence-corrected chi connectivity index (χ2v) is 5.47. The highest BCUT2D eigenvalue weighted by Crippen LogP contribution is 2.33. The highest BCUT2D eigenvalue weighted by Gasteiger charge is 2.22.